The Bertz CT molecular complexity index is 1760. The second-order valence-electron chi connectivity index (χ2n) is 12.5. The van der Waals surface area contributed by atoms with Crippen LogP contribution in [0.4, 0.5) is 0 Å². The minimum absolute atomic E-state index is 0.0233. The lowest BCUT2D eigenvalue weighted by Gasteiger charge is -2.45. The largest absolute Gasteiger partial charge is 0.489 e. The van der Waals surface area contributed by atoms with E-state index >= 15 is 0 Å². The SMILES string of the molecule is CCSC1OC(COCc2ccccc2)C(OCc2ccccc2)[C@H](OCc2ccccc2)C1OC(=O)Cc1ccccc1OCc1ccccc1. The van der Waals surface area contributed by atoms with Crippen LogP contribution in [0.5, 0.6) is 5.75 Å². The van der Waals surface area contributed by atoms with Gasteiger partial charge >= 0.3 is 5.97 Å². The van der Waals surface area contributed by atoms with Gasteiger partial charge in [-0.05, 0) is 34.1 Å². The Morgan fingerprint density at radius 1 is 0.596 bits per heavy atom. The van der Waals surface area contributed by atoms with Gasteiger partial charge in [-0.15, -0.1) is 11.8 Å². The quantitative estimate of drug-likeness (QED) is 0.0835. The molecule has 5 atom stereocenters. The zero-order valence-electron chi connectivity index (χ0n) is 29.5. The normalized spacial score (nSPS) is 19.9. The molecule has 0 aromatic heterocycles. The molecule has 0 saturated carbocycles. The number of carbonyl (C=O) groups is 1. The molecule has 4 unspecified atom stereocenters. The van der Waals surface area contributed by atoms with E-state index in [1.165, 1.54) is 0 Å². The summed E-state index contributed by atoms with van der Waals surface area (Å²) < 4.78 is 39.0. The molecule has 270 valence electrons. The fraction of sp³-hybridized carbons (Fsp3) is 0.295. The molecule has 0 bridgehead atoms. The molecule has 7 nitrogen and oxygen atoms in total. The lowest BCUT2D eigenvalue weighted by Crippen LogP contribution is -2.60. The molecule has 0 aliphatic carbocycles. The van der Waals surface area contributed by atoms with Crippen molar-refractivity contribution < 1.29 is 33.2 Å². The summed E-state index contributed by atoms with van der Waals surface area (Å²) >= 11 is 1.58. The molecule has 1 aliphatic rings. The van der Waals surface area contributed by atoms with Gasteiger partial charge in [-0.1, -0.05) is 146 Å². The zero-order chi connectivity index (χ0) is 35.8. The van der Waals surface area contributed by atoms with Crippen molar-refractivity contribution >= 4 is 17.7 Å². The third kappa shape index (κ3) is 11.0. The summed E-state index contributed by atoms with van der Waals surface area (Å²) in [4.78, 5) is 13.9. The number of ether oxygens (including phenoxy) is 6. The summed E-state index contributed by atoms with van der Waals surface area (Å²) in [5, 5.41) is 0. The Morgan fingerprint density at radius 3 is 1.67 bits per heavy atom. The summed E-state index contributed by atoms with van der Waals surface area (Å²) in [7, 11) is 0. The van der Waals surface area contributed by atoms with Crippen molar-refractivity contribution in [2.24, 2.45) is 0 Å². The Kier molecular flexibility index (Phi) is 14.3. The van der Waals surface area contributed by atoms with Crippen LogP contribution in [0.25, 0.3) is 0 Å². The van der Waals surface area contributed by atoms with Gasteiger partial charge in [0.2, 0.25) is 0 Å². The molecule has 0 radical (unpaired) electrons. The van der Waals surface area contributed by atoms with Gasteiger partial charge in [0.25, 0.3) is 0 Å². The molecule has 5 aromatic rings. The van der Waals surface area contributed by atoms with Gasteiger partial charge in [-0.2, -0.15) is 0 Å². The van der Waals surface area contributed by atoms with Crippen LogP contribution < -0.4 is 4.74 Å². The van der Waals surface area contributed by atoms with Crippen molar-refractivity contribution in [1.29, 1.82) is 0 Å². The fourth-order valence-electron chi connectivity index (χ4n) is 6.10. The van der Waals surface area contributed by atoms with Gasteiger partial charge in [0.15, 0.2) is 6.10 Å². The van der Waals surface area contributed by atoms with E-state index in [0.717, 1.165) is 33.6 Å². The molecule has 1 fully saturated rings. The molecule has 0 N–H and O–H groups in total. The predicted molar refractivity (Wildman–Crippen MR) is 204 cm³/mol. The summed E-state index contributed by atoms with van der Waals surface area (Å²) in [5.41, 5.74) is 4.35. The highest BCUT2D eigenvalue weighted by molar-refractivity contribution is 7.99. The first-order valence-electron chi connectivity index (χ1n) is 17.8. The van der Waals surface area contributed by atoms with E-state index in [9.17, 15) is 4.79 Å². The Hall–Kier alpha value is -4.44. The second-order valence-corrected chi connectivity index (χ2v) is 13.9. The Morgan fingerprint density at radius 2 is 1.10 bits per heavy atom. The van der Waals surface area contributed by atoms with E-state index in [-0.39, 0.29) is 13.0 Å². The smallest absolute Gasteiger partial charge is 0.310 e. The molecule has 8 heteroatoms. The van der Waals surface area contributed by atoms with Crippen molar-refractivity contribution in [3.05, 3.63) is 173 Å². The van der Waals surface area contributed by atoms with Crippen molar-refractivity contribution in [3.8, 4) is 5.75 Å². The average Bonchev–Trinajstić information content (AvgIpc) is 3.19. The topological polar surface area (TPSA) is 72.5 Å². The van der Waals surface area contributed by atoms with Gasteiger partial charge < -0.3 is 28.4 Å². The first-order chi connectivity index (χ1) is 25.7. The standard InChI is InChI=1S/C44H46O7S/c1-2-52-44-43(51-40(45)27-37-25-15-16-26-38(37)47-29-34-19-9-4-10-20-34)42(49-31-36-23-13-6-14-24-36)41(48-30-35-21-11-5-12-22-35)39(50-44)32-46-28-33-17-7-3-8-18-33/h3-26,39,41-44H,2,27-32H2,1H3/t39?,41?,42-,43?,44?/m0/s1. The highest BCUT2D eigenvalue weighted by Gasteiger charge is 2.49. The molecule has 5 aromatic carbocycles. The Balaban J connectivity index is 1.24. The van der Waals surface area contributed by atoms with Crippen molar-refractivity contribution in [2.45, 2.75) is 69.6 Å². The van der Waals surface area contributed by atoms with Crippen LogP contribution in [0, 0.1) is 0 Å². The number of hydrogen-bond donors (Lipinski definition) is 0. The lowest BCUT2D eigenvalue weighted by molar-refractivity contribution is -0.249. The third-order valence-electron chi connectivity index (χ3n) is 8.70. The molecule has 0 spiro atoms. The second kappa shape index (κ2) is 20.0. The number of para-hydroxylation sites is 1. The number of hydrogen-bond acceptors (Lipinski definition) is 8. The number of benzene rings is 5. The van der Waals surface area contributed by atoms with Crippen LogP contribution >= 0.6 is 11.8 Å². The van der Waals surface area contributed by atoms with Gasteiger partial charge in [0.05, 0.1) is 32.8 Å². The summed E-state index contributed by atoms with van der Waals surface area (Å²) in [6, 6.07) is 47.6. The molecular weight excluding hydrogens is 673 g/mol. The summed E-state index contributed by atoms with van der Waals surface area (Å²) in [6.07, 6.45) is -2.48. The fourth-order valence-corrected chi connectivity index (χ4v) is 7.05. The number of carbonyl (C=O) groups excluding carboxylic acids is 1. The number of rotatable bonds is 18. The van der Waals surface area contributed by atoms with Gasteiger partial charge in [0.1, 0.15) is 36.1 Å². The van der Waals surface area contributed by atoms with Crippen LogP contribution in [0.1, 0.15) is 34.7 Å². The maximum absolute atomic E-state index is 13.9. The maximum atomic E-state index is 13.9. The van der Waals surface area contributed by atoms with Crippen molar-refractivity contribution in [1.82, 2.24) is 0 Å². The van der Waals surface area contributed by atoms with E-state index in [2.05, 4.69) is 6.92 Å². The van der Waals surface area contributed by atoms with E-state index in [1.54, 1.807) is 11.8 Å². The molecular formula is C44H46O7S. The lowest BCUT2D eigenvalue weighted by atomic mass is 9.98. The van der Waals surface area contributed by atoms with Crippen LogP contribution in [0.2, 0.25) is 0 Å². The summed E-state index contributed by atoms with van der Waals surface area (Å²) in [5.74, 6) is 0.979. The minimum Gasteiger partial charge on any atom is -0.489 e. The molecule has 1 aliphatic heterocycles. The van der Waals surface area contributed by atoms with Crippen molar-refractivity contribution in [2.75, 3.05) is 12.4 Å². The van der Waals surface area contributed by atoms with Gasteiger partial charge in [0, 0.05) is 5.56 Å². The first-order valence-corrected chi connectivity index (χ1v) is 18.8. The van der Waals surface area contributed by atoms with E-state index in [4.69, 9.17) is 28.4 Å². The first kappa shape index (κ1) is 37.3. The maximum Gasteiger partial charge on any atom is 0.310 e. The van der Waals surface area contributed by atoms with Crippen molar-refractivity contribution in [3.63, 3.8) is 0 Å². The minimum atomic E-state index is -0.760. The molecule has 1 heterocycles. The molecule has 0 amide bonds. The number of esters is 1. The third-order valence-corrected chi connectivity index (χ3v) is 9.74. The van der Waals surface area contributed by atoms with E-state index in [0.29, 0.717) is 32.2 Å². The van der Waals surface area contributed by atoms with E-state index < -0.39 is 35.8 Å². The highest BCUT2D eigenvalue weighted by Crippen LogP contribution is 2.35. The van der Waals surface area contributed by atoms with Crippen LogP contribution in [0.3, 0.4) is 0 Å². The predicted octanol–water partition coefficient (Wildman–Crippen LogP) is 8.59. The average molecular weight is 719 g/mol. The van der Waals surface area contributed by atoms with Gasteiger partial charge in [-0.3, -0.25) is 4.79 Å². The molecule has 1 saturated heterocycles. The highest BCUT2D eigenvalue weighted by atomic mass is 32.2. The summed E-state index contributed by atoms with van der Waals surface area (Å²) in [6.45, 7) is 3.79. The monoisotopic (exact) mass is 718 g/mol. The van der Waals surface area contributed by atoms with Crippen LogP contribution in [-0.2, 0) is 61.3 Å². The molecule has 6 rings (SSSR count). The van der Waals surface area contributed by atoms with Crippen LogP contribution in [0.15, 0.2) is 146 Å². The number of thioether (sulfide) groups is 1. The van der Waals surface area contributed by atoms with Gasteiger partial charge in [-0.25, -0.2) is 0 Å². The molecule has 52 heavy (non-hydrogen) atoms. The zero-order valence-corrected chi connectivity index (χ0v) is 30.3. The van der Waals surface area contributed by atoms with Crippen LogP contribution in [-0.4, -0.2) is 48.2 Å². The van der Waals surface area contributed by atoms with E-state index in [1.807, 2.05) is 146 Å². The Labute approximate surface area is 311 Å².